The Morgan fingerprint density at radius 3 is 2.47 bits per heavy atom. The zero-order valence-electron chi connectivity index (χ0n) is 10.4. The molecule has 1 heterocycles. The van der Waals surface area contributed by atoms with E-state index in [0.717, 1.165) is 18.4 Å². The molecule has 2 atom stereocenters. The molecule has 1 aliphatic heterocycles. The second-order valence-corrected chi connectivity index (χ2v) is 7.12. The van der Waals surface area contributed by atoms with Gasteiger partial charge in [-0.1, -0.05) is 30.3 Å². The van der Waals surface area contributed by atoms with Gasteiger partial charge in [0.15, 0.2) is 0 Å². The summed E-state index contributed by atoms with van der Waals surface area (Å²) >= 11 is 0. The van der Waals surface area contributed by atoms with E-state index in [1.54, 1.807) is 0 Å². The molecule has 1 aliphatic carbocycles. The maximum atomic E-state index is 12.0. The number of carbonyl (C=O) groups excluding carboxylic acids is 1. The third-order valence-corrected chi connectivity index (χ3v) is 5.54. The van der Waals surface area contributed by atoms with E-state index < -0.39 is 10.0 Å². The summed E-state index contributed by atoms with van der Waals surface area (Å²) in [5, 5.41) is 2.57. The molecule has 0 spiro atoms. The van der Waals surface area contributed by atoms with Crippen LogP contribution in [0.5, 0.6) is 0 Å². The molecule has 102 valence electrons. The minimum atomic E-state index is -3.28. The molecule has 2 N–H and O–H groups in total. The molecule has 19 heavy (non-hydrogen) atoms. The Morgan fingerprint density at radius 1 is 1.16 bits per heavy atom. The number of hydrogen-bond acceptors (Lipinski definition) is 3. The van der Waals surface area contributed by atoms with Crippen molar-refractivity contribution in [3.8, 4) is 0 Å². The van der Waals surface area contributed by atoms with Crippen molar-refractivity contribution in [3.63, 3.8) is 0 Å². The molecule has 1 saturated heterocycles. The average molecular weight is 280 g/mol. The normalized spacial score (nSPS) is 27.3. The van der Waals surface area contributed by atoms with Crippen LogP contribution in [0.3, 0.4) is 0 Å². The lowest BCUT2D eigenvalue weighted by atomic mass is 10.0. The van der Waals surface area contributed by atoms with E-state index in [0.29, 0.717) is 0 Å². The number of sulfonamides is 1. The monoisotopic (exact) mass is 280 g/mol. The van der Waals surface area contributed by atoms with Crippen molar-refractivity contribution in [2.45, 2.75) is 36.6 Å². The van der Waals surface area contributed by atoms with E-state index in [2.05, 4.69) is 10.0 Å². The first-order chi connectivity index (χ1) is 9.06. The molecule has 1 aromatic carbocycles. The molecule has 1 saturated carbocycles. The van der Waals surface area contributed by atoms with Gasteiger partial charge in [0.2, 0.25) is 15.9 Å². The van der Waals surface area contributed by atoms with Crippen molar-refractivity contribution in [1.29, 1.82) is 0 Å². The number of amides is 1. The first-order valence-corrected chi connectivity index (χ1v) is 7.96. The fourth-order valence-corrected chi connectivity index (χ4v) is 4.01. The van der Waals surface area contributed by atoms with E-state index in [9.17, 15) is 13.2 Å². The fourth-order valence-electron chi connectivity index (χ4n) is 2.42. The Kier molecular flexibility index (Phi) is 3.06. The van der Waals surface area contributed by atoms with Gasteiger partial charge in [-0.15, -0.1) is 0 Å². The van der Waals surface area contributed by atoms with Crippen LogP contribution in [0.25, 0.3) is 0 Å². The minimum absolute atomic E-state index is 0.114. The predicted molar refractivity (Wildman–Crippen MR) is 70.8 cm³/mol. The van der Waals surface area contributed by atoms with E-state index in [1.807, 2.05) is 30.3 Å². The Hall–Kier alpha value is -1.40. The smallest absolute Gasteiger partial charge is 0.222 e. The maximum absolute atomic E-state index is 12.0. The van der Waals surface area contributed by atoms with Crippen LogP contribution in [-0.2, 0) is 14.8 Å². The van der Waals surface area contributed by atoms with Gasteiger partial charge in [0.05, 0.1) is 17.3 Å². The van der Waals surface area contributed by atoms with Crippen LogP contribution < -0.4 is 10.0 Å². The number of carbonyl (C=O) groups is 1. The summed E-state index contributed by atoms with van der Waals surface area (Å²) in [4.78, 5) is 11.6. The van der Waals surface area contributed by atoms with Gasteiger partial charge in [0.25, 0.3) is 0 Å². The first kappa shape index (κ1) is 12.6. The average Bonchev–Trinajstić information content (AvgIpc) is 3.16. The summed E-state index contributed by atoms with van der Waals surface area (Å²) in [7, 11) is -3.28. The highest BCUT2D eigenvalue weighted by Gasteiger charge is 2.41. The molecular weight excluding hydrogens is 264 g/mol. The summed E-state index contributed by atoms with van der Waals surface area (Å²) < 4.78 is 26.6. The highest BCUT2D eigenvalue weighted by Crippen LogP contribution is 2.30. The molecule has 0 radical (unpaired) electrons. The van der Waals surface area contributed by atoms with Gasteiger partial charge in [0.1, 0.15) is 0 Å². The second kappa shape index (κ2) is 4.61. The van der Waals surface area contributed by atoms with Gasteiger partial charge in [-0.2, -0.15) is 0 Å². The van der Waals surface area contributed by atoms with Crippen LogP contribution in [-0.4, -0.2) is 25.6 Å². The summed E-state index contributed by atoms with van der Waals surface area (Å²) in [5.74, 6) is -0.114. The van der Waals surface area contributed by atoms with Crippen LogP contribution in [0, 0.1) is 0 Å². The summed E-state index contributed by atoms with van der Waals surface area (Å²) in [6.07, 6.45) is 1.64. The molecule has 3 rings (SSSR count). The van der Waals surface area contributed by atoms with Gasteiger partial charge in [-0.25, -0.2) is 13.1 Å². The molecule has 2 aliphatic rings. The van der Waals surface area contributed by atoms with E-state index in [4.69, 9.17) is 0 Å². The highest BCUT2D eigenvalue weighted by atomic mass is 32.2. The number of hydrogen-bond donors (Lipinski definition) is 2. The lowest BCUT2D eigenvalue weighted by Gasteiger charge is -2.20. The fraction of sp³-hybridized carbons (Fsp3) is 0.462. The van der Waals surface area contributed by atoms with Gasteiger partial charge in [-0.3, -0.25) is 4.79 Å². The van der Waals surface area contributed by atoms with Gasteiger partial charge < -0.3 is 5.32 Å². The van der Waals surface area contributed by atoms with E-state index in [1.165, 1.54) is 0 Å². The first-order valence-electron chi connectivity index (χ1n) is 6.42. The Labute approximate surface area is 112 Å². The van der Waals surface area contributed by atoms with Crippen LogP contribution in [0.1, 0.15) is 30.9 Å². The number of rotatable bonds is 4. The predicted octanol–water partition coefficient (Wildman–Crippen LogP) is 0.698. The van der Waals surface area contributed by atoms with Crippen LogP contribution >= 0.6 is 0 Å². The third kappa shape index (κ3) is 2.64. The summed E-state index contributed by atoms with van der Waals surface area (Å²) in [5.41, 5.74) is 0.928. The molecule has 0 aromatic heterocycles. The van der Waals surface area contributed by atoms with Crippen molar-refractivity contribution in [2.24, 2.45) is 0 Å². The number of benzene rings is 1. The van der Waals surface area contributed by atoms with Gasteiger partial charge >= 0.3 is 0 Å². The van der Waals surface area contributed by atoms with E-state index in [-0.39, 0.29) is 29.7 Å². The Morgan fingerprint density at radius 2 is 1.84 bits per heavy atom. The number of nitrogens with one attached hydrogen (secondary N) is 2. The maximum Gasteiger partial charge on any atom is 0.222 e. The highest BCUT2D eigenvalue weighted by molar-refractivity contribution is 7.90. The second-order valence-electron chi connectivity index (χ2n) is 5.13. The zero-order chi connectivity index (χ0) is 13.5. The molecule has 0 bridgehead atoms. The standard InChI is InChI=1S/C13H16N2O3S/c16-12-8-11(15-19(17,18)10-6-7-10)13(14-12)9-4-2-1-3-5-9/h1-5,10-11,13,15H,6-8H2,(H,14,16)/t11-,13+/m0/s1. The SMILES string of the molecule is O=C1C[C@H](NS(=O)(=O)C2CC2)[C@@H](c2ccccc2)N1. The minimum Gasteiger partial charge on any atom is -0.348 e. The van der Waals surface area contributed by atoms with Crippen molar-refractivity contribution >= 4 is 15.9 Å². The summed E-state index contributed by atoms with van der Waals surface area (Å²) in [6.45, 7) is 0. The lowest BCUT2D eigenvalue weighted by Crippen LogP contribution is -2.40. The largest absolute Gasteiger partial charge is 0.348 e. The topological polar surface area (TPSA) is 75.3 Å². The molecule has 2 fully saturated rings. The summed E-state index contributed by atoms with van der Waals surface area (Å²) in [6, 6.07) is 8.79. The molecule has 1 amide bonds. The molecular formula is C13H16N2O3S. The van der Waals surface area contributed by atoms with Gasteiger partial charge in [0, 0.05) is 6.42 Å². The Balaban J connectivity index is 1.81. The molecule has 1 aromatic rings. The van der Waals surface area contributed by atoms with Crippen LogP contribution in [0.4, 0.5) is 0 Å². The third-order valence-electron chi connectivity index (χ3n) is 3.56. The zero-order valence-corrected chi connectivity index (χ0v) is 11.2. The lowest BCUT2D eigenvalue weighted by molar-refractivity contribution is -0.119. The van der Waals surface area contributed by atoms with E-state index >= 15 is 0 Å². The molecule has 5 nitrogen and oxygen atoms in total. The van der Waals surface area contributed by atoms with Crippen molar-refractivity contribution in [3.05, 3.63) is 35.9 Å². The van der Waals surface area contributed by atoms with Crippen molar-refractivity contribution in [1.82, 2.24) is 10.0 Å². The molecule has 0 unspecified atom stereocenters. The van der Waals surface area contributed by atoms with Gasteiger partial charge in [-0.05, 0) is 18.4 Å². The Bertz CT molecular complexity index is 581. The van der Waals surface area contributed by atoms with Crippen LogP contribution in [0.15, 0.2) is 30.3 Å². The van der Waals surface area contributed by atoms with Crippen LogP contribution in [0.2, 0.25) is 0 Å². The molecule has 6 heteroatoms. The van der Waals surface area contributed by atoms with Crippen molar-refractivity contribution in [2.75, 3.05) is 0 Å². The van der Waals surface area contributed by atoms with Crippen molar-refractivity contribution < 1.29 is 13.2 Å². The quantitative estimate of drug-likeness (QED) is 0.852.